The van der Waals surface area contributed by atoms with Gasteiger partial charge < -0.3 is 4.42 Å². The smallest absolute Gasteiger partial charge is 0.572 e. The van der Waals surface area contributed by atoms with Crippen molar-refractivity contribution in [2.75, 3.05) is 0 Å². The molecule has 0 spiro atoms. The van der Waals surface area contributed by atoms with Gasteiger partial charge in [-0.05, 0) is 54.0 Å². The number of rotatable bonds is 4. The summed E-state index contributed by atoms with van der Waals surface area (Å²) < 4.78 is 5.03. The van der Waals surface area contributed by atoms with Gasteiger partial charge >= 0.3 is 42.1 Å². The normalized spacial score (nSPS) is 9.79. The number of pyridine rings is 4. The third kappa shape index (κ3) is 9.83. The number of nitrogens with zero attached hydrogens (tertiary/aromatic N) is 4. The van der Waals surface area contributed by atoms with E-state index in [4.69, 9.17) is 4.42 Å². The van der Waals surface area contributed by atoms with Crippen molar-refractivity contribution < 1.29 is 46.5 Å². The van der Waals surface area contributed by atoms with E-state index < -0.39 is 0 Å². The Morgan fingerprint density at radius 3 is 1.36 bits per heavy atom. The third-order valence-corrected chi connectivity index (χ3v) is 6.53. The Balaban J connectivity index is 0.000000164. The van der Waals surface area contributed by atoms with Gasteiger partial charge in [-0.3, -0.25) is 26.0 Å². The molecule has 0 amide bonds. The SMILES string of the molecule is [Pt+2].[Pt+2].[c-]1cccc2oc[c-]c12.[c-]1ccccc1-c1cccc(-c2ccccn2)n1.[c-]1ccccc1-c1cccc(-c2ccccn2)n1. The van der Waals surface area contributed by atoms with Gasteiger partial charge in [-0.25, -0.2) is 23.6 Å². The van der Waals surface area contributed by atoms with Crippen LogP contribution in [0.25, 0.3) is 56.3 Å². The van der Waals surface area contributed by atoms with Gasteiger partial charge in [0, 0.05) is 12.4 Å². The van der Waals surface area contributed by atoms with Crippen LogP contribution in [-0.4, -0.2) is 19.9 Å². The molecule has 0 fully saturated rings. The van der Waals surface area contributed by atoms with Crippen molar-refractivity contribution in [2.45, 2.75) is 0 Å². The molecular formula is C40H26N4OPt2. The molecule has 47 heavy (non-hydrogen) atoms. The maximum atomic E-state index is 5.03. The Bertz CT molecular complexity index is 1800. The van der Waals surface area contributed by atoms with E-state index in [-0.39, 0.29) is 42.1 Å². The molecule has 5 aromatic heterocycles. The fraction of sp³-hybridized carbons (Fsp3) is 0. The number of furan rings is 1. The van der Waals surface area contributed by atoms with Crippen molar-refractivity contribution in [3.8, 4) is 45.3 Å². The molecule has 5 heterocycles. The Morgan fingerprint density at radius 1 is 0.404 bits per heavy atom. The molecule has 0 bridgehead atoms. The molecule has 0 saturated carbocycles. The maximum Gasteiger partial charge on any atom is 2.00 e. The zero-order chi connectivity index (χ0) is 30.5. The quantitative estimate of drug-likeness (QED) is 0.165. The minimum atomic E-state index is 0. The molecule has 0 aliphatic carbocycles. The molecule has 232 valence electrons. The van der Waals surface area contributed by atoms with Crippen molar-refractivity contribution in [3.05, 3.63) is 182 Å². The number of fused-ring (bicyclic) bond motifs is 1. The summed E-state index contributed by atoms with van der Waals surface area (Å²) in [6.07, 6.45) is 5.10. The predicted molar refractivity (Wildman–Crippen MR) is 177 cm³/mol. The van der Waals surface area contributed by atoms with Gasteiger partial charge in [-0.15, -0.1) is 71.8 Å². The van der Waals surface area contributed by atoms with E-state index in [1.165, 1.54) is 0 Å². The van der Waals surface area contributed by atoms with E-state index in [0.29, 0.717) is 0 Å². The van der Waals surface area contributed by atoms with E-state index >= 15 is 0 Å². The fourth-order valence-corrected chi connectivity index (χ4v) is 4.37. The van der Waals surface area contributed by atoms with E-state index in [1.54, 1.807) is 18.7 Å². The molecule has 3 aromatic carbocycles. The summed E-state index contributed by atoms with van der Waals surface area (Å²) in [7, 11) is 0. The summed E-state index contributed by atoms with van der Waals surface area (Å²) >= 11 is 0. The van der Waals surface area contributed by atoms with E-state index in [9.17, 15) is 0 Å². The number of aromatic nitrogens is 4. The fourth-order valence-electron chi connectivity index (χ4n) is 4.37. The topological polar surface area (TPSA) is 64.7 Å². The van der Waals surface area contributed by atoms with Gasteiger partial charge in [0.2, 0.25) is 0 Å². The third-order valence-electron chi connectivity index (χ3n) is 6.53. The zero-order valence-electron chi connectivity index (χ0n) is 24.8. The predicted octanol–water partition coefficient (Wildman–Crippen LogP) is 9.25. The molecule has 8 aromatic rings. The van der Waals surface area contributed by atoms with Gasteiger partial charge in [0.15, 0.2) is 0 Å². The van der Waals surface area contributed by atoms with Crippen LogP contribution in [0.5, 0.6) is 0 Å². The molecule has 5 nitrogen and oxygen atoms in total. The van der Waals surface area contributed by atoms with Gasteiger partial charge in [0.05, 0.1) is 22.8 Å². The average Bonchev–Trinajstić information content (AvgIpc) is 3.63. The second-order valence-corrected chi connectivity index (χ2v) is 9.59. The molecule has 0 saturated heterocycles. The van der Waals surface area contributed by atoms with Gasteiger partial charge in [-0.1, -0.05) is 42.0 Å². The van der Waals surface area contributed by atoms with Crippen LogP contribution in [-0.2, 0) is 42.1 Å². The summed E-state index contributed by atoms with van der Waals surface area (Å²) in [6.45, 7) is 0. The first kappa shape index (κ1) is 35.0. The summed E-state index contributed by atoms with van der Waals surface area (Å²) in [6, 6.07) is 57.1. The van der Waals surface area contributed by atoms with Crippen LogP contribution in [0.3, 0.4) is 0 Å². The van der Waals surface area contributed by atoms with Gasteiger partial charge in [-0.2, -0.15) is 6.07 Å². The number of hydrogen-bond acceptors (Lipinski definition) is 5. The first-order valence-corrected chi connectivity index (χ1v) is 14.3. The summed E-state index contributed by atoms with van der Waals surface area (Å²) in [5.74, 6) is 0. The largest absolute Gasteiger partial charge is 2.00 e. The molecule has 0 aliphatic heterocycles. The van der Waals surface area contributed by atoms with Crippen molar-refractivity contribution in [1.29, 1.82) is 0 Å². The Morgan fingerprint density at radius 2 is 0.894 bits per heavy atom. The van der Waals surface area contributed by atoms with Gasteiger partial charge in [0.25, 0.3) is 0 Å². The first-order valence-electron chi connectivity index (χ1n) is 14.3. The molecule has 8 rings (SSSR count). The van der Waals surface area contributed by atoms with Crippen LogP contribution < -0.4 is 0 Å². The molecular weight excluding hydrogens is 943 g/mol. The van der Waals surface area contributed by atoms with Crippen molar-refractivity contribution >= 4 is 11.0 Å². The van der Waals surface area contributed by atoms with Crippen molar-refractivity contribution in [1.82, 2.24) is 19.9 Å². The van der Waals surface area contributed by atoms with Crippen molar-refractivity contribution in [3.63, 3.8) is 0 Å². The van der Waals surface area contributed by atoms with Crippen LogP contribution in [0, 0.1) is 24.3 Å². The second kappa shape index (κ2) is 18.4. The maximum absolute atomic E-state index is 5.03. The van der Waals surface area contributed by atoms with Crippen LogP contribution in [0.15, 0.2) is 163 Å². The zero-order valence-corrected chi connectivity index (χ0v) is 29.4. The molecule has 0 radical (unpaired) electrons. The summed E-state index contributed by atoms with van der Waals surface area (Å²) in [5.41, 5.74) is 8.20. The molecule has 0 N–H and O–H groups in total. The molecule has 7 heteroatoms. The van der Waals surface area contributed by atoms with E-state index in [2.05, 4.69) is 44.2 Å². The summed E-state index contributed by atoms with van der Waals surface area (Å²) in [4.78, 5) is 17.9. The standard InChI is InChI=1S/2C16H11N2.C8H4O.2Pt/c2*1-2-7-13(8-3-1)14-10-6-11-16(18-14)15-9-4-5-12-17-15;1-2-4-8-7(3-1)5-6-9-8;;/h2*1-7,9-12H;1-2,4,6H;;/q2*-1;-2;2*+2. The molecule has 0 aliphatic rings. The van der Waals surface area contributed by atoms with E-state index in [1.807, 2.05) is 140 Å². The monoisotopic (exact) mass is 968 g/mol. The number of benzene rings is 3. The summed E-state index contributed by atoms with van der Waals surface area (Å²) in [5, 5.41) is 0.914. The van der Waals surface area contributed by atoms with Crippen LogP contribution in [0.2, 0.25) is 0 Å². The Hall–Kier alpha value is -4.82. The first-order chi connectivity index (χ1) is 22.3. The Labute approximate surface area is 303 Å². The van der Waals surface area contributed by atoms with Crippen LogP contribution >= 0.6 is 0 Å². The minimum Gasteiger partial charge on any atom is -0.572 e. The van der Waals surface area contributed by atoms with Crippen molar-refractivity contribution in [2.24, 2.45) is 0 Å². The van der Waals surface area contributed by atoms with E-state index in [0.717, 1.165) is 56.3 Å². The van der Waals surface area contributed by atoms with Crippen LogP contribution in [0.4, 0.5) is 0 Å². The second-order valence-electron chi connectivity index (χ2n) is 9.59. The number of hydrogen-bond donors (Lipinski definition) is 0. The van der Waals surface area contributed by atoms with Crippen LogP contribution in [0.1, 0.15) is 0 Å². The minimum absolute atomic E-state index is 0. The molecule has 0 atom stereocenters. The van der Waals surface area contributed by atoms with Gasteiger partial charge in [0.1, 0.15) is 0 Å². The average molecular weight is 969 g/mol. The Kier molecular flexibility index (Phi) is 13.7. The molecule has 0 unspecified atom stereocenters.